The Morgan fingerprint density at radius 2 is 2.11 bits per heavy atom. The van der Waals surface area contributed by atoms with Gasteiger partial charge in [0.25, 0.3) is 5.91 Å². The SMILES string of the molecule is [C-]#[N+]c1ccc(C(=O)N2CC3CNCC(C3)C2)o1. The van der Waals surface area contributed by atoms with Gasteiger partial charge in [0, 0.05) is 13.1 Å². The maximum atomic E-state index is 12.3. The summed E-state index contributed by atoms with van der Waals surface area (Å²) >= 11 is 0. The minimum Gasteiger partial charge on any atom is -0.475 e. The minimum atomic E-state index is -0.0819. The van der Waals surface area contributed by atoms with Crippen LogP contribution in [0.1, 0.15) is 17.0 Å². The number of nitrogens with zero attached hydrogens (tertiary/aromatic N) is 2. The number of carbonyl (C=O) groups is 1. The van der Waals surface area contributed by atoms with E-state index in [2.05, 4.69) is 10.2 Å². The highest BCUT2D eigenvalue weighted by Crippen LogP contribution is 2.26. The van der Waals surface area contributed by atoms with Gasteiger partial charge in [-0.3, -0.25) is 4.79 Å². The van der Waals surface area contributed by atoms with Gasteiger partial charge in [-0.15, -0.1) is 0 Å². The maximum absolute atomic E-state index is 12.3. The number of hydrogen-bond acceptors (Lipinski definition) is 3. The summed E-state index contributed by atoms with van der Waals surface area (Å²) in [6.45, 7) is 10.4. The number of furan rings is 1. The second-order valence-electron chi connectivity index (χ2n) is 5.09. The summed E-state index contributed by atoms with van der Waals surface area (Å²) < 4.78 is 5.21. The number of amides is 1. The van der Waals surface area contributed by atoms with E-state index < -0.39 is 0 Å². The third-order valence-electron chi connectivity index (χ3n) is 3.69. The van der Waals surface area contributed by atoms with E-state index >= 15 is 0 Å². The van der Waals surface area contributed by atoms with Crippen LogP contribution in [0.25, 0.3) is 4.85 Å². The van der Waals surface area contributed by atoms with Gasteiger partial charge >= 0.3 is 5.88 Å². The Bertz CT molecular complexity index is 491. The molecule has 2 aliphatic heterocycles. The highest BCUT2D eigenvalue weighted by atomic mass is 16.4. The van der Waals surface area contributed by atoms with Gasteiger partial charge in [-0.1, -0.05) is 0 Å². The molecule has 2 atom stereocenters. The van der Waals surface area contributed by atoms with Gasteiger partial charge < -0.3 is 14.6 Å². The number of nitrogens with one attached hydrogen (secondary N) is 1. The van der Waals surface area contributed by atoms with E-state index in [4.69, 9.17) is 11.0 Å². The predicted octanol–water partition coefficient (Wildman–Crippen LogP) is 1.51. The monoisotopic (exact) mass is 245 g/mol. The van der Waals surface area contributed by atoms with Crippen molar-refractivity contribution in [2.45, 2.75) is 6.42 Å². The molecule has 0 radical (unpaired) electrons. The Morgan fingerprint density at radius 1 is 1.39 bits per heavy atom. The molecule has 2 unspecified atom stereocenters. The molecule has 1 aromatic rings. The highest BCUT2D eigenvalue weighted by Gasteiger charge is 2.33. The van der Waals surface area contributed by atoms with Crippen molar-refractivity contribution >= 4 is 11.8 Å². The molecule has 1 N–H and O–H groups in total. The molecule has 5 nitrogen and oxygen atoms in total. The molecule has 94 valence electrons. The zero-order valence-electron chi connectivity index (χ0n) is 10.1. The van der Waals surface area contributed by atoms with Gasteiger partial charge in [0.2, 0.25) is 0 Å². The van der Waals surface area contributed by atoms with Gasteiger partial charge in [-0.05, 0) is 43.5 Å². The Labute approximate surface area is 106 Å². The molecule has 1 aromatic heterocycles. The van der Waals surface area contributed by atoms with E-state index in [1.807, 2.05) is 4.90 Å². The van der Waals surface area contributed by atoms with Crippen LogP contribution in [-0.4, -0.2) is 37.0 Å². The van der Waals surface area contributed by atoms with E-state index in [0.717, 1.165) is 26.2 Å². The van der Waals surface area contributed by atoms with Crippen molar-refractivity contribution < 1.29 is 9.21 Å². The van der Waals surface area contributed by atoms with Gasteiger partial charge in [0.05, 0.1) is 6.57 Å². The number of likely N-dealkylation sites (tertiary alicyclic amines) is 1. The van der Waals surface area contributed by atoms with Crippen molar-refractivity contribution in [3.05, 3.63) is 29.3 Å². The average molecular weight is 245 g/mol. The van der Waals surface area contributed by atoms with Crippen LogP contribution in [0.5, 0.6) is 0 Å². The molecular weight excluding hydrogens is 230 g/mol. The molecule has 3 rings (SSSR count). The zero-order chi connectivity index (χ0) is 12.5. The van der Waals surface area contributed by atoms with E-state index in [0.29, 0.717) is 11.8 Å². The van der Waals surface area contributed by atoms with E-state index in [1.54, 1.807) is 12.1 Å². The Hall–Kier alpha value is -1.80. The van der Waals surface area contributed by atoms with Crippen LogP contribution in [0.15, 0.2) is 16.5 Å². The number of hydrogen-bond donors (Lipinski definition) is 1. The first-order valence-corrected chi connectivity index (χ1v) is 6.23. The van der Waals surface area contributed by atoms with Crippen molar-refractivity contribution in [2.75, 3.05) is 26.2 Å². The minimum absolute atomic E-state index is 0.0819. The summed E-state index contributed by atoms with van der Waals surface area (Å²) in [6, 6.07) is 3.14. The first-order valence-electron chi connectivity index (χ1n) is 6.23. The van der Waals surface area contributed by atoms with Gasteiger partial charge in [-0.2, -0.15) is 4.85 Å². The first-order chi connectivity index (χ1) is 8.76. The summed E-state index contributed by atoms with van der Waals surface area (Å²) in [5, 5.41) is 3.40. The van der Waals surface area contributed by atoms with Crippen LogP contribution in [0.3, 0.4) is 0 Å². The second kappa shape index (κ2) is 4.46. The molecule has 3 heterocycles. The van der Waals surface area contributed by atoms with Crippen LogP contribution in [0.2, 0.25) is 0 Å². The number of carbonyl (C=O) groups excluding carboxylic acids is 1. The molecule has 0 aliphatic carbocycles. The Morgan fingerprint density at radius 3 is 2.72 bits per heavy atom. The van der Waals surface area contributed by atoms with Gasteiger partial charge in [0.15, 0.2) is 5.76 Å². The molecule has 18 heavy (non-hydrogen) atoms. The Kier molecular flexibility index (Phi) is 2.80. The number of piperidine rings is 2. The first kappa shape index (κ1) is 11.3. The van der Waals surface area contributed by atoms with Crippen LogP contribution < -0.4 is 5.32 Å². The topological polar surface area (TPSA) is 49.8 Å². The fourth-order valence-corrected chi connectivity index (χ4v) is 2.93. The summed E-state index contributed by atoms with van der Waals surface area (Å²) in [5.74, 6) is 1.49. The third-order valence-corrected chi connectivity index (χ3v) is 3.69. The lowest BCUT2D eigenvalue weighted by atomic mass is 9.86. The molecule has 2 saturated heterocycles. The number of fused-ring (bicyclic) bond motifs is 2. The maximum Gasteiger partial charge on any atom is 0.346 e. The fourth-order valence-electron chi connectivity index (χ4n) is 2.93. The van der Waals surface area contributed by atoms with Crippen LogP contribution >= 0.6 is 0 Å². The van der Waals surface area contributed by atoms with E-state index in [9.17, 15) is 4.79 Å². The quantitative estimate of drug-likeness (QED) is 0.763. The average Bonchev–Trinajstić information content (AvgIpc) is 2.86. The molecule has 2 bridgehead atoms. The molecule has 0 spiro atoms. The third kappa shape index (κ3) is 2.00. The van der Waals surface area contributed by atoms with E-state index in [-0.39, 0.29) is 17.6 Å². The smallest absolute Gasteiger partial charge is 0.346 e. The van der Waals surface area contributed by atoms with Crippen LogP contribution in [-0.2, 0) is 0 Å². The summed E-state index contributed by atoms with van der Waals surface area (Å²) in [7, 11) is 0. The summed E-state index contributed by atoms with van der Waals surface area (Å²) in [4.78, 5) is 17.3. The summed E-state index contributed by atoms with van der Waals surface area (Å²) in [5.41, 5.74) is 0. The Balaban J connectivity index is 1.74. The van der Waals surface area contributed by atoms with Gasteiger partial charge in [-0.25, -0.2) is 0 Å². The van der Waals surface area contributed by atoms with Gasteiger partial charge in [0.1, 0.15) is 0 Å². The van der Waals surface area contributed by atoms with E-state index in [1.165, 1.54) is 6.42 Å². The lowest BCUT2D eigenvalue weighted by Gasteiger charge is -2.41. The second-order valence-corrected chi connectivity index (χ2v) is 5.09. The van der Waals surface area contributed by atoms with Crippen LogP contribution in [0, 0.1) is 18.4 Å². The van der Waals surface area contributed by atoms with Crippen molar-refractivity contribution in [3.8, 4) is 0 Å². The summed E-state index contributed by atoms with van der Waals surface area (Å²) in [6.07, 6.45) is 1.21. The number of rotatable bonds is 1. The van der Waals surface area contributed by atoms with Crippen molar-refractivity contribution in [2.24, 2.45) is 11.8 Å². The van der Waals surface area contributed by atoms with Crippen molar-refractivity contribution in [1.29, 1.82) is 0 Å². The molecule has 1 amide bonds. The largest absolute Gasteiger partial charge is 0.475 e. The highest BCUT2D eigenvalue weighted by molar-refractivity contribution is 5.92. The standard InChI is InChI=1S/C13H15N3O2/c1-14-12-3-2-11(18-12)13(17)16-7-9-4-10(8-16)6-15-5-9/h2-3,9-10,15H,4-8H2. The normalized spacial score (nSPS) is 26.7. The molecule has 0 aromatic carbocycles. The van der Waals surface area contributed by atoms with Crippen molar-refractivity contribution in [1.82, 2.24) is 10.2 Å². The van der Waals surface area contributed by atoms with Crippen molar-refractivity contribution in [3.63, 3.8) is 0 Å². The zero-order valence-corrected chi connectivity index (χ0v) is 10.1. The molecular formula is C13H15N3O2. The van der Waals surface area contributed by atoms with Crippen LogP contribution in [0.4, 0.5) is 5.88 Å². The lowest BCUT2D eigenvalue weighted by molar-refractivity contribution is 0.0509. The predicted molar refractivity (Wildman–Crippen MR) is 65.3 cm³/mol. The molecule has 2 fully saturated rings. The molecule has 0 saturated carbocycles. The fraction of sp³-hybridized carbons (Fsp3) is 0.538. The molecule has 5 heteroatoms. The molecule has 2 aliphatic rings. The lowest BCUT2D eigenvalue weighted by Crippen LogP contribution is -2.52.